The van der Waals surface area contributed by atoms with Crippen LogP contribution in [0.25, 0.3) is 16.6 Å². The molecule has 8 nitrogen and oxygen atoms in total. The SMILES string of the molecule is N/C(=C\N(N)c1ccc(C(=O)N2CCCC(O)C2)cc1)c1n[nH]c2ccccc12. The van der Waals surface area contributed by atoms with Gasteiger partial charge in [0.2, 0.25) is 0 Å². The molecule has 1 fully saturated rings. The number of H-pyrrole nitrogens is 1. The third-order valence-electron chi connectivity index (χ3n) is 5.12. The third-order valence-corrected chi connectivity index (χ3v) is 5.12. The molecule has 1 aliphatic rings. The monoisotopic (exact) mass is 392 g/mol. The number of benzene rings is 2. The van der Waals surface area contributed by atoms with E-state index in [1.165, 1.54) is 5.01 Å². The van der Waals surface area contributed by atoms with Crippen LogP contribution in [0.1, 0.15) is 28.9 Å². The normalized spacial score (nSPS) is 17.5. The van der Waals surface area contributed by atoms with E-state index in [-0.39, 0.29) is 5.91 Å². The topological polar surface area (TPSA) is 124 Å². The predicted octanol–water partition coefficient (Wildman–Crippen LogP) is 1.80. The summed E-state index contributed by atoms with van der Waals surface area (Å²) in [6.07, 6.45) is 2.70. The van der Waals surface area contributed by atoms with E-state index in [1.54, 1.807) is 35.4 Å². The second-order valence-corrected chi connectivity index (χ2v) is 7.20. The first-order valence-electron chi connectivity index (χ1n) is 9.55. The van der Waals surface area contributed by atoms with Crippen LogP contribution in [-0.2, 0) is 0 Å². The molecule has 8 heteroatoms. The molecular weight excluding hydrogens is 368 g/mol. The molecular formula is C21H24N6O2. The van der Waals surface area contributed by atoms with Gasteiger partial charge in [0.05, 0.1) is 23.0 Å². The van der Waals surface area contributed by atoms with Gasteiger partial charge in [0.1, 0.15) is 5.69 Å². The molecule has 1 atom stereocenters. The third kappa shape index (κ3) is 3.94. The lowest BCUT2D eigenvalue weighted by molar-refractivity contribution is 0.0474. The van der Waals surface area contributed by atoms with Gasteiger partial charge in [-0.25, -0.2) is 5.84 Å². The van der Waals surface area contributed by atoms with E-state index < -0.39 is 6.10 Å². The number of likely N-dealkylation sites (tertiary alicyclic amines) is 1. The highest BCUT2D eigenvalue weighted by atomic mass is 16.3. The Labute approximate surface area is 168 Å². The lowest BCUT2D eigenvalue weighted by Gasteiger charge is -2.30. The van der Waals surface area contributed by atoms with Crippen LogP contribution in [-0.4, -0.2) is 45.3 Å². The fourth-order valence-electron chi connectivity index (χ4n) is 3.57. The average molecular weight is 392 g/mol. The van der Waals surface area contributed by atoms with Crippen molar-refractivity contribution in [1.29, 1.82) is 0 Å². The van der Waals surface area contributed by atoms with Crippen molar-refractivity contribution in [2.45, 2.75) is 18.9 Å². The van der Waals surface area contributed by atoms with Gasteiger partial charge in [0.25, 0.3) is 5.91 Å². The number of carbonyl (C=O) groups is 1. The maximum Gasteiger partial charge on any atom is 0.253 e. The molecule has 0 saturated carbocycles. The molecule has 3 aromatic rings. The summed E-state index contributed by atoms with van der Waals surface area (Å²) in [5, 5.41) is 19.3. The smallest absolute Gasteiger partial charge is 0.253 e. The number of hydrazine groups is 1. The summed E-state index contributed by atoms with van der Waals surface area (Å²) < 4.78 is 0. The molecule has 1 unspecified atom stereocenters. The molecule has 0 radical (unpaired) electrons. The first-order chi connectivity index (χ1) is 14.0. The number of anilines is 1. The number of para-hydroxylation sites is 1. The number of rotatable bonds is 4. The van der Waals surface area contributed by atoms with Crippen LogP contribution < -0.4 is 16.6 Å². The number of hydrogen-bond acceptors (Lipinski definition) is 6. The Kier molecular flexibility index (Phi) is 5.20. The zero-order valence-corrected chi connectivity index (χ0v) is 16.0. The number of nitrogens with one attached hydrogen (secondary N) is 1. The highest BCUT2D eigenvalue weighted by molar-refractivity contribution is 5.95. The molecule has 2 aromatic carbocycles. The zero-order chi connectivity index (χ0) is 20.4. The van der Waals surface area contributed by atoms with Gasteiger partial charge in [0.15, 0.2) is 0 Å². The average Bonchev–Trinajstić information content (AvgIpc) is 3.17. The number of aromatic nitrogens is 2. The van der Waals surface area contributed by atoms with E-state index in [9.17, 15) is 9.90 Å². The van der Waals surface area contributed by atoms with Crippen molar-refractivity contribution in [3.63, 3.8) is 0 Å². The van der Waals surface area contributed by atoms with Crippen molar-refractivity contribution in [2.24, 2.45) is 11.6 Å². The van der Waals surface area contributed by atoms with Crippen LogP contribution in [0.5, 0.6) is 0 Å². The maximum atomic E-state index is 12.6. The van der Waals surface area contributed by atoms with E-state index in [1.807, 2.05) is 24.3 Å². The number of amides is 1. The van der Waals surface area contributed by atoms with Crippen molar-refractivity contribution in [1.82, 2.24) is 15.1 Å². The van der Waals surface area contributed by atoms with Gasteiger partial charge in [-0.2, -0.15) is 5.10 Å². The minimum atomic E-state index is -0.447. The Morgan fingerprint density at radius 2 is 2.00 bits per heavy atom. The summed E-state index contributed by atoms with van der Waals surface area (Å²) >= 11 is 0. The van der Waals surface area contributed by atoms with Gasteiger partial charge < -0.3 is 15.7 Å². The van der Waals surface area contributed by atoms with E-state index in [0.29, 0.717) is 35.7 Å². The Morgan fingerprint density at radius 1 is 1.24 bits per heavy atom. The fraction of sp³-hybridized carbons (Fsp3) is 0.238. The minimum Gasteiger partial charge on any atom is -0.396 e. The number of piperidine rings is 1. The Balaban J connectivity index is 1.49. The van der Waals surface area contributed by atoms with Crippen LogP contribution in [0, 0.1) is 0 Å². The number of β-amino-alcohol motifs (C(OH)–C–C–N with tert-alkyl or cyclic N) is 1. The van der Waals surface area contributed by atoms with E-state index in [0.717, 1.165) is 23.7 Å². The Hall–Kier alpha value is -3.36. The highest BCUT2D eigenvalue weighted by Gasteiger charge is 2.23. The number of fused-ring (bicyclic) bond motifs is 1. The van der Waals surface area contributed by atoms with Crippen molar-refractivity contribution >= 4 is 28.2 Å². The summed E-state index contributed by atoms with van der Waals surface area (Å²) in [6.45, 7) is 1.04. The number of hydrogen-bond donors (Lipinski definition) is 4. The standard InChI is InChI=1S/C21H24N6O2/c22-18(20-17-5-1-2-6-19(17)24-25-20)13-27(23)15-9-7-14(8-10-15)21(29)26-11-3-4-16(28)12-26/h1-2,5-10,13,16,28H,3-4,11-12,22-23H2,(H,24,25)/b18-13-. The molecule has 0 spiro atoms. The molecule has 1 aliphatic heterocycles. The number of carbonyl (C=O) groups excluding carboxylic acids is 1. The van der Waals surface area contributed by atoms with E-state index >= 15 is 0 Å². The number of nitrogens with two attached hydrogens (primary N) is 2. The Morgan fingerprint density at radius 3 is 2.76 bits per heavy atom. The van der Waals surface area contributed by atoms with Crippen molar-refractivity contribution in [3.8, 4) is 0 Å². The number of aromatic amines is 1. The summed E-state index contributed by atoms with van der Waals surface area (Å²) in [5.41, 5.74) is 9.40. The van der Waals surface area contributed by atoms with Gasteiger partial charge in [-0.15, -0.1) is 0 Å². The van der Waals surface area contributed by atoms with Crippen LogP contribution in [0.4, 0.5) is 5.69 Å². The predicted molar refractivity (Wildman–Crippen MR) is 113 cm³/mol. The quantitative estimate of drug-likeness (QED) is 0.396. The van der Waals surface area contributed by atoms with Gasteiger partial charge in [-0.1, -0.05) is 18.2 Å². The lowest BCUT2D eigenvalue weighted by Crippen LogP contribution is -2.42. The molecule has 1 saturated heterocycles. The molecule has 29 heavy (non-hydrogen) atoms. The zero-order valence-electron chi connectivity index (χ0n) is 16.0. The first kappa shape index (κ1) is 19.0. The molecule has 1 aromatic heterocycles. The van der Waals surface area contributed by atoms with E-state index in [4.69, 9.17) is 11.6 Å². The van der Waals surface area contributed by atoms with Crippen LogP contribution in [0.3, 0.4) is 0 Å². The second kappa shape index (κ2) is 7.94. The van der Waals surface area contributed by atoms with Gasteiger partial charge in [-0.3, -0.25) is 14.9 Å². The summed E-state index contributed by atoms with van der Waals surface area (Å²) in [4.78, 5) is 14.3. The number of aliphatic hydroxyl groups excluding tert-OH is 1. The summed E-state index contributed by atoms with van der Waals surface area (Å²) in [6, 6.07) is 14.7. The molecule has 150 valence electrons. The largest absolute Gasteiger partial charge is 0.396 e. The highest BCUT2D eigenvalue weighted by Crippen LogP contribution is 2.21. The second-order valence-electron chi connectivity index (χ2n) is 7.20. The maximum absolute atomic E-state index is 12.6. The lowest BCUT2D eigenvalue weighted by atomic mass is 10.1. The van der Waals surface area contributed by atoms with Gasteiger partial charge in [-0.05, 0) is 43.2 Å². The molecule has 6 N–H and O–H groups in total. The molecule has 0 aliphatic carbocycles. The first-order valence-corrected chi connectivity index (χ1v) is 9.55. The van der Waals surface area contributed by atoms with Gasteiger partial charge >= 0.3 is 0 Å². The van der Waals surface area contributed by atoms with Gasteiger partial charge in [0, 0.05) is 30.2 Å². The molecule has 4 rings (SSSR count). The number of aliphatic hydroxyl groups is 1. The summed E-state index contributed by atoms with van der Waals surface area (Å²) in [5.74, 6) is 6.06. The van der Waals surface area contributed by atoms with Crippen LogP contribution >= 0.6 is 0 Å². The van der Waals surface area contributed by atoms with E-state index in [2.05, 4.69) is 10.2 Å². The van der Waals surface area contributed by atoms with Crippen molar-refractivity contribution in [2.75, 3.05) is 18.1 Å². The van der Waals surface area contributed by atoms with Crippen molar-refractivity contribution in [3.05, 3.63) is 66.0 Å². The molecule has 2 heterocycles. The molecule has 0 bridgehead atoms. The number of nitrogens with zero attached hydrogens (tertiary/aromatic N) is 3. The molecule has 1 amide bonds. The minimum absolute atomic E-state index is 0.0862. The fourth-order valence-corrected chi connectivity index (χ4v) is 3.57. The van der Waals surface area contributed by atoms with Crippen LogP contribution in [0.2, 0.25) is 0 Å². The Bertz CT molecular complexity index is 1040. The van der Waals surface area contributed by atoms with Crippen molar-refractivity contribution < 1.29 is 9.90 Å². The van der Waals surface area contributed by atoms with Crippen LogP contribution in [0.15, 0.2) is 54.7 Å². The summed E-state index contributed by atoms with van der Waals surface area (Å²) in [7, 11) is 0.